The second-order valence-electron chi connectivity index (χ2n) is 5.39. The third kappa shape index (κ3) is 2.86. The van der Waals surface area contributed by atoms with E-state index >= 15 is 0 Å². The number of methoxy groups -OCH3 is 1. The maximum absolute atomic E-state index is 12.7. The average Bonchev–Trinajstić information content (AvgIpc) is 2.49. The lowest BCUT2D eigenvalue weighted by molar-refractivity contribution is 0.0819. The van der Waals surface area contributed by atoms with Gasteiger partial charge in [0.15, 0.2) is 5.78 Å². The summed E-state index contributed by atoms with van der Waals surface area (Å²) >= 11 is 0. The summed E-state index contributed by atoms with van der Waals surface area (Å²) in [4.78, 5) is 15.0. The molecule has 0 aliphatic carbocycles. The van der Waals surface area contributed by atoms with E-state index in [1.54, 1.807) is 7.11 Å². The van der Waals surface area contributed by atoms with E-state index in [4.69, 9.17) is 4.74 Å². The van der Waals surface area contributed by atoms with Crippen LogP contribution in [0.3, 0.4) is 0 Å². The molecule has 1 saturated heterocycles. The van der Waals surface area contributed by atoms with Crippen LogP contribution in [0.5, 0.6) is 5.75 Å². The smallest absolute Gasteiger partial charge is 0.179 e. The number of benzene rings is 1. The van der Waals surface area contributed by atoms with Crippen molar-refractivity contribution < 1.29 is 9.53 Å². The average molecular weight is 276 g/mol. The number of carbonyl (C=O) groups is 1. The number of hydrogen-bond acceptors (Lipinski definition) is 4. The standard InChI is InChI=1S/C16H24N2O2/c1-11-12(2)15(20-4)6-5-14(11)16(19)13(3)18-9-7-17-8-10-18/h5-6,13,17H,7-10H2,1-4H3. The van der Waals surface area contributed by atoms with E-state index in [1.807, 2.05) is 32.9 Å². The van der Waals surface area contributed by atoms with Gasteiger partial charge < -0.3 is 10.1 Å². The SMILES string of the molecule is COc1ccc(C(=O)C(C)N2CCNCC2)c(C)c1C. The molecule has 1 heterocycles. The summed E-state index contributed by atoms with van der Waals surface area (Å²) in [6.45, 7) is 9.78. The summed E-state index contributed by atoms with van der Waals surface area (Å²) in [5, 5.41) is 3.31. The van der Waals surface area contributed by atoms with Crippen LogP contribution in [0.25, 0.3) is 0 Å². The number of Topliss-reactive ketones (excluding diaryl/α,β-unsaturated/α-hetero) is 1. The topological polar surface area (TPSA) is 41.6 Å². The lowest BCUT2D eigenvalue weighted by Crippen LogP contribution is -2.50. The molecule has 4 nitrogen and oxygen atoms in total. The van der Waals surface area contributed by atoms with Gasteiger partial charge in [0.25, 0.3) is 0 Å². The summed E-state index contributed by atoms with van der Waals surface area (Å²) in [5.41, 5.74) is 2.89. The molecule has 0 saturated carbocycles. The third-order valence-corrected chi connectivity index (χ3v) is 4.30. The van der Waals surface area contributed by atoms with Gasteiger partial charge in [-0.2, -0.15) is 0 Å². The first kappa shape index (κ1) is 15.0. The van der Waals surface area contributed by atoms with Crippen LogP contribution in [0.2, 0.25) is 0 Å². The van der Waals surface area contributed by atoms with Crippen molar-refractivity contribution >= 4 is 5.78 Å². The Balaban J connectivity index is 2.22. The fourth-order valence-electron chi connectivity index (χ4n) is 2.74. The van der Waals surface area contributed by atoms with Crippen molar-refractivity contribution in [3.8, 4) is 5.75 Å². The molecule has 1 atom stereocenters. The Bertz CT molecular complexity index is 493. The minimum absolute atomic E-state index is 0.0661. The molecular weight excluding hydrogens is 252 g/mol. The molecule has 1 N–H and O–H groups in total. The van der Waals surface area contributed by atoms with Gasteiger partial charge in [0.05, 0.1) is 13.2 Å². The van der Waals surface area contributed by atoms with E-state index in [1.165, 1.54) is 0 Å². The summed E-state index contributed by atoms with van der Waals surface area (Å²) < 4.78 is 5.31. The molecule has 1 aliphatic rings. The van der Waals surface area contributed by atoms with Gasteiger partial charge in [-0.05, 0) is 44.0 Å². The molecule has 0 amide bonds. The number of rotatable bonds is 4. The zero-order chi connectivity index (χ0) is 14.7. The van der Waals surface area contributed by atoms with Gasteiger partial charge in [0, 0.05) is 31.7 Å². The van der Waals surface area contributed by atoms with Crippen LogP contribution in [-0.4, -0.2) is 50.0 Å². The van der Waals surface area contributed by atoms with Gasteiger partial charge in [-0.3, -0.25) is 9.69 Å². The number of ketones is 1. The Hall–Kier alpha value is -1.39. The van der Waals surface area contributed by atoms with Gasteiger partial charge in [-0.15, -0.1) is 0 Å². The normalized spacial score (nSPS) is 17.8. The van der Waals surface area contributed by atoms with E-state index < -0.39 is 0 Å². The Kier molecular flexibility index (Phi) is 4.78. The van der Waals surface area contributed by atoms with Crippen LogP contribution in [0.1, 0.15) is 28.4 Å². The lowest BCUT2D eigenvalue weighted by Gasteiger charge is -2.32. The number of carbonyl (C=O) groups excluding carboxylic acids is 1. The molecule has 1 aliphatic heterocycles. The first-order valence-corrected chi connectivity index (χ1v) is 7.19. The molecule has 1 unspecified atom stereocenters. The molecule has 0 radical (unpaired) electrons. The van der Waals surface area contributed by atoms with Gasteiger partial charge >= 0.3 is 0 Å². The highest BCUT2D eigenvalue weighted by atomic mass is 16.5. The van der Waals surface area contributed by atoms with Crippen molar-refractivity contribution in [2.24, 2.45) is 0 Å². The molecule has 0 aromatic heterocycles. The van der Waals surface area contributed by atoms with Crippen LogP contribution < -0.4 is 10.1 Å². The number of hydrogen-bond donors (Lipinski definition) is 1. The van der Waals surface area contributed by atoms with Crippen LogP contribution in [0.4, 0.5) is 0 Å². The first-order valence-electron chi connectivity index (χ1n) is 7.19. The first-order chi connectivity index (χ1) is 9.56. The highest BCUT2D eigenvalue weighted by Gasteiger charge is 2.25. The molecule has 2 rings (SSSR count). The number of nitrogens with one attached hydrogen (secondary N) is 1. The fourth-order valence-corrected chi connectivity index (χ4v) is 2.74. The Morgan fingerprint density at radius 3 is 2.50 bits per heavy atom. The molecule has 110 valence electrons. The zero-order valence-electron chi connectivity index (χ0n) is 12.8. The van der Waals surface area contributed by atoms with E-state index in [9.17, 15) is 4.79 Å². The largest absolute Gasteiger partial charge is 0.496 e. The Morgan fingerprint density at radius 2 is 1.90 bits per heavy atom. The third-order valence-electron chi connectivity index (χ3n) is 4.30. The predicted octanol–water partition coefficient (Wildman–Crippen LogP) is 1.79. The number of nitrogens with zero attached hydrogens (tertiary/aromatic N) is 1. The molecule has 0 spiro atoms. The molecule has 4 heteroatoms. The van der Waals surface area contributed by atoms with Crippen LogP contribution in [0.15, 0.2) is 12.1 Å². The number of ether oxygens (including phenoxy) is 1. The molecule has 1 fully saturated rings. The molecular formula is C16H24N2O2. The number of piperazine rings is 1. The van der Waals surface area contributed by atoms with Crippen LogP contribution in [0, 0.1) is 13.8 Å². The summed E-state index contributed by atoms with van der Waals surface area (Å²) in [6.07, 6.45) is 0. The van der Waals surface area contributed by atoms with Crippen molar-refractivity contribution in [2.45, 2.75) is 26.8 Å². The van der Waals surface area contributed by atoms with Crippen molar-refractivity contribution in [1.82, 2.24) is 10.2 Å². The van der Waals surface area contributed by atoms with Crippen LogP contribution >= 0.6 is 0 Å². The zero-order valence-corrected chi connectivity index (χ0v) is 12.8. The molecule has 0 bridgehead atoms. The van der Waals surface area contributed by atoms with E-state index in [-0.39, 0.29) is 11.8 Å². The minimum Gasteiger partial charge on any atom is -0.496 e. The lowest BCUT2D eigenvalue weighted by atomic mass is 9.95. The molecule has 1 aromatic carbocycles. The second-order valence-corrected chi connectivity index (χ2v) is 5.39. The van der Waals surface area contributed by atoms with Gasteiger partial charge in [0.2, 0.25) is 0 Å². The van der Waals surface area contributed by atoms with E-state index in [0.29, 0.717) is 0 Å². The fraction of sp³-hybridized carbons (Fsp3) is 0.562. The van der Waals surface area contributed by atoms with Crippen molar-refractivity contribution in [3.05, 3.63) is 28.8 Å². The van der Waals surface area contributed by atoms with E-state index in [2.05, 4.69) is 10.2 Å². The van der Waals surface area contributed by atoms with Crippen molar-refractivity contribution in [2.75, 3.05) is 33.3 Å². The Labute approximate surface area is 121 Å². The van der Waals surface area contributed by atoms with Gasteiger partial charge in [-0.25, -0.2) is 0 Å². The molecule has 1 aromatic rings. The van der Waals surface area contributed by atoms with Gasteiger partial charge in [-0.1, -0.05) is 0 Å². The predicted molar refractivity (Wildman–Crippen MR) is 80.7 cm³/mol. The minimum atomic E-state index is -0.0661. The van der Waals surface area contributed by atoms with E-state index in [0.717, 1.165) is 48.6 Å². The monoisotopic (exact) mass is 276 g/mol. The Morgan fingerprint density at radius 1 is 1.25 bits per heavy atom. The van der Waals surface area contributed by atoms with Crippen LogP contribution in [-0.2, 0) is 0 Å². The quantitative estimate of drug-likeness (QED) is 0.851. The van der Waals surface area contributed by atoms with Gasteiger partial charge in [0.1, 0.15) is 5.75 Å². The summed E-state index contributed by atoms with van der Waals surface area (Å²) in [6, 6.07) is 3.71. The molecule has 20 heavy (non-hydrogen) atoms. The maximum atomic E-state index is 12.7. The second kappa shape index (κ2) is 6.37. The summed E-state index contributed by atoms with van der Waals surface area (Å²) in [7, 11) is 1.66. The highest BCUT2D eigenvalue weighted by Crippen LogP contribution is 2.25. The summed E-state index contributed by atoms with van der Waals surface area (Å²) in [5.74, 6) is 1.05. The maximum Gasteiger partial charge on any atom is 0.179 e. The highest BCUT2D eigenvalue weighted by molar-refractivity contribution is 6.01. The van der Waals surface area contributed by atoms with Crippen molar-refractivity contribution in [1.29, 1.82) is 0 Å². The van der Waals surface area contributed by atoms with Crippen molar-refractivity contribution in [3.63, 3.8) is 0 Å².